The van der Waals surface area contributed by atoms with Gasteiger partial charge in [-0.3, -0.25) is 0 Å². The van der Waals surface area contributed by atoms with E-state index in [0.29, 0.717) is 0 Å². The van der Waals surface area contributed by atoms with E-state index >= 15 is 0 Å². The maximum Gasteiger partial charge on any atom is 0 e. The van der Waals surface area contributed by atoms with Gasteiger partial charge in [-0.25, -0.2) is 0 Å². The molecule has 23 heavy (non-hydrogen) atoms. The molecule has 0 bridgehead atoms. The molecule has 0 unspecified atom stereocenters. The molecule has 122 valence electrons. The molecule has 0 amide bonds. The van der Waals surface area contributed by atoms with Crippen molar-refractivity contribution in [3.05, 3.63) is 91.0 Å². The number of benzene rings is 2. The van der Waals surface area contributed by atoms with Gasteiger partial charge in [0.2, 0.25) is 0 Å². The molecule has 0 atom stereocenters. The SMILES string of the molecule is [CH2-][Si](c1ccccc1)(c1ccccc1)C(C)(C)C1=CC=CC1.[Pt]. The largest absolute Gasteiger partial charge is 0.332 e. The Hall–Kier alpha value is -1.17. The first kappa shape index (κ1) is 18.2. The molecular formula is C21H23PtSi-. The minimum absolute atomic E-state index is 0. The smallest absolute Gasteiger partial charge is 0 e. The van der Waals surface area contributed by atoms with E-state index < -0.39 is 8.07 Å². The Morgan fingerprint density at radius 1 is 0.870 bits per heavy atom. The summed E-state index contributed by atoms with van der Waals surface area (Å²) in [6.45, 7) is 9.66. The molecule has 0 aromatic heterocycles. The third-order valence-electron chi connectivity index (χ3n) is 5.17. The molecular weight excluding hydrogens is 475 g/mol. The monoisotopic (exact) mass is 498 g/mol. The van der Waals surface area contributed by atoms with Crippen molar-refractivity contribution in [2.24, 2.45) is 0 Å². The zero-order valence-electron chi connectivity index (χ0n) is 13.7. The van der Waals surface area contributed by atoms with Gasteiger partial charge in [0, 0.05) is 21.1 Å². The Bertz CT molecular complexity index is 660. The summed E-state index contributed by atoms with van der Waals surface area (Å²) in [6.07, 6.45) is 7.78. The topological polar surface area (TPSA) is 0 Å². The van der Waals surface area contributed by atoms with E-state index in [0.717, 1.165) is 6.42 Å². The van der Waals surface area contributed by atoms with Crippen LogP contribution in [0.2, 0.25) is 5.04 Å². The Morgan fingerprint density at radius 2 is 1.35 bits per heavy atom. The fourth-order valence-electron chi connectivity index (χ4n) is 3.52. The molecule has 0 heterocycles. The molecule has 1 aliphatic rings. The zero-order chi connectivity index (χ0) is 15.6. The summed E-state index contributed by atoms with van der Waals surface area (Å²) in [5.74, 6) is 0. The van der Waals surface area contributed by atoms with E-state index in [4.69, 9.17) is 6.55 Å². The molecule has 0 saturated heterocycles. The van der Waals surface area contributed by atoms with Gasteiger partial charge in [0.15, 0.2) is 0 Å². The van der Waals surface area contributed by atoms with Gasteiger partial charge in [-0.2, -0.15) is 0 Å². The fraction of sp³-hybridized carbons (Fsp3) is 0.190. The van der Waals surface area contributed by atoms with Crippen LogP contribution in [0, 0.1) is 6.55 Å². The van der Waals surface area contributed by atoms with Crippen LogP contribution < -0.4 is 10.4 Å². The van der Waals surface area contributed by atoms with Crippen LogP contribution in [0.15, 0.2) is 84.5 Å². The minimum Gasteiger partial charge on any atom is -0.332 e. The maximum atomic E-state index is 4.90. The summed E-state index contributed by atoms with van der Waals surface area (Å²) in [4.78, 5) is 0. The van der Waals surface area contributed by atoms with Gasteiger partial charge >= 0.3 is 0 Å². The predicted octanol–water partition coefficient (Wildman–Crippen LogP) is 4.29. The molecule has 0 spiro atoms. The van der Waals surface area contributed by atoms with E-state index in [1.807, 2.05) is 0 Å². The van der Waals surface area contributed by atoms with Gasteiger partial charge in [0.25, 0.3) is 0 Å². The second kappa shape index (κ2) is 7.15. The van der Waals surface area contributed by atoms with Gasteiger partial charge in [-0.05, 0) is 19.5 Å². The Kier molecular flexibility index (Phi) is 5.65. The van der Waals surface area contributed by atoms with Crippen molar-refractivity contribution in [1.29, 1.82) is 0 Å². The second-order valence-electron chi connectivity index (χ2n) is 6.59. The molecule has 0 nitrogen and oxygen atoms in total. The Balaban J connectivity index is 0.00000192. The van der Waals surface area contributed by atoms with Gasteiger partial charge in [-0.1, -0.05) is 109 Å². The van der Waals surface area contributed by atoms with Crippen LogP contribution >= 0.6 is 0 Å². The van der Waals surface area contributed by atoms with E-state index in [-0.39, 0.29) is 26.1 Å². The molecule has 0 saturated carbocycles. The molecule has 3 rings (SSSR count). The quantitative estimate of drug-likeness (QED) is 0.436. The molecule has 0 fully saturated rings. The maximum absolute atomic E-state index is 4.90. The van der Waals surface area contributed by atoms with Crippen LogP contribution in [0.3, 0.4) is 0 Å². The molecule has 2 aromatic rings. The summed E-state index contributed by atoms with van der Waals surface area (Å²) in [7, 11) is -2.15. The molecule has 2 heteroatoms. The first-order valence-corrected chi connectivity index (χ1v) is 10.1. The summed E-state index contributed by atoms with van der Waals surface area (Å²) >= 11 is 0. The van der Waals surface area contributed by atoms with Gasteiger partial charge in [0.05, 0.1) is 0 Å². The van der Waals surface area contributed by atoms with Gasteiger partial charge in [0.1, 0.15) is 0 Å². The van der Waals surface area contributed by atoms with Crippen molar-refractivity contribution in [2.75, 3.05) is 0 Å². The number of rotatable bonds is 4. The summed E-state index contributed by atoms with van der Waals surface area (Å²) in [5.41, 5.74) is 1.50. The number of hydrogen-bond acceptors (Lipinski definition) is 0. The minimum atomic E-state index is -2.15. The first-order chi connectivity index (χ1) is 10.6. The molecule has 2 aromatic carbocycles. The predicted molar refractivity (Wildman–Crippen MR) is 99.1 cm³/mol. The van der Waals surface area contributed by atoms with Crippen molar-refractivity contribution in [2.45, 2.75) is 25.3 Å². The van der Waals surface area contributed by atoms with Gasteiger partial charge < -0.3 is 6.55 Å². The van der Waals surface area contributed by atoms with Gasteiger partial charge in [-0.15, -0.1) is 0 Å². The van der Waals surface area contributed by atoms with Crippen LogP contribution in [0.5, 0.6) is 0 Å². The number of hydrogen-bond donors (Lipinski definition) is 0. The van der Waals surface area contributed by atoms with Crippen LogP contribution in [-0.2, 0) is 21.1 Å². The third kappa shape index (κ3) is 3.10. The summed E-state index contributed by atoms with van der Waals surface area (Å²) in [5, 5.41) is 2.87. The molecule has 0 N–H and O–H groups in total. The average Bonchev–Trinajstić information content (AvgIpc) is 3.11. The first-order valence-electron chi connectivity index (χ1n) is 7.89. The Morgan fingerprint density at radius 3 is 1.74 bits per heavy atom. The van der Waals surface area contributed by atoms with Crippen LogP contribution in [0.1, 0.15) is 20.3 Å². The van der Waals surface area contributed by atoms with Crippen molar-refractivity contribution in [3.8, 4) is 0 Å². The van der Waals surface area contributed by atoms with E-state index in [9.17, 15) is 0 Å². The standard InChI is InChI=1S/C21H23Si.Pt/c1-21(2,18-12-10-11-13-18)22(3,19-14-6-4-7-15-19)20-16-8-5-9-17-20;/h4-12,14-17H,3,13H2,1-2H3;/q-1;. The van der Waals surface area contributed by atoms with E-state index in [2.05, 4.69) is 92.7 Å². The fourth-order valence-corrected chi connectivity index (χ4v) is 7.55. The Labute approximate surface area is 155 Å². The number of allylic oxidation sites excluding steroid dienone is 4. The summed E-state index contributed by atoms with van der Waals surface area (Å²) < 4.78 is 0. The molecule has 0 aliphatic heterocycles. The van der Waals surface area contributed by atoms with Crippen LogP contribution in [-0.4, -0.2) is 8.07 Å². The molecule has 1 aliphatic carbocycles. The summed E-state index contributed by atoms with van der Waals surface area (Å²) in [6, 6.07) is 21.8. The van der Waals surface area contributed by atoms with Crippen molar-refractivity contribution in [3.63, 3.8) is 0 Å². The van der Waals surface area contributed by atoms with Crippen molar-refractivity contribution >= 4 is 18.4 Å². The van der Waals surface area contributed by atoms with E-state index in [1.165, 1.54) is 15.9 Å². The zero-order valence-corrected chi connectivity index (χ0v) is 17.0. The van der Waals surface area contributed by atoms with Crippen molar-refractivity contribution < 1.29 is 21.1 Å². The normalized spacial score (nSPS) is 14.3. The van der Waals surface area contributed by atoms with E-state index in [1.54, 1.807) is 0 Å². The second-order valence-corrected chi connectivity index (χ2v) is 10.8. The van der Waals surface area contributed by atoms with Crippen molar-refractivity contribution in [1.82, 2.24) is 0 Å². The average molecular weight is 499 g/mol. The molecule has 0 radical (unpaired) electrons. The van der Waals surface area contributed by atoms with Crippen LogP contribution in [0.25, 0.3) is 0 Å². The third-order valence-corrected chi connectivity index (χ3v) is 10.3. The van der Waals surface area contributed by atoms with Crippen LogP contribution in [0.4, 0.5) is 0 Å².